The average Bonchev–Trinajstić information content (AvgIpc) is 4.00. The second kappa shape index (κ2) is 17.4. The standard InChI is InChI=1S/C71H47NO/c1-3-22-54(23-4-1)71(55-24-5-2-6-25-55)66-35-11-9-30-65(66)69-61(32-17-36-67(69)71)52-20-13-26-57(46-52)72(58-27-14-21-53(47-58)62-33-16-34-64-63-29-10-12-37-68(63)73-70(62)64)56-44-42-49(43-45-56)48-38-40-51(41-39-48)60-31-15-19-50-18-7-8-28-59(50)60/h1-47H. The van der Waals surface area contributed by atoms with Crippen LogP contribution in [0.15, 0.2) is 290 Å². The molecule has 1 aliphatic rings. The van der Waals surface area contributed by atoms with Crippen LogP contribution in [0.4, 0.5) is 17.1 Å². The maximum atomic E-state index is 6.60. The molecule has 0 N–H and O–H groups in total. The molecule has 73 heavy (non-hydrogen) atoms. The molecule has 0 amide bonds. The summed E-state index contributed by atoms with van der Waals surface area (Å²) >= 11 is 0. The molecule has 0 radical (unpaired) electrons. The fraction of sp³-hybridized carbons (Fsp3) is 0.0141. The van der Waals surface area contributed by atoms with E-state index < -0.39 is 5.41 Å². The van der Waals surface area contributed by atoms with Gasteiger partial charge in [0.05, 0.1) is 5.41 Å². The molecule has 0 fully saturated rings. The highest BCUT2D eigenvalue weighted by Gasteiger charge is 2.46. The Bertz CT molecular complexity index is 4140. The first-order valence-electron chi connectivity index (χ1n) is 25.2. The minimum atomic E-state index is -0.491. The SMILES string of the molecule is c1ccc(C2(c3ccccc3)c3ccccc3-c3c(-c4cccc(N(c5ccc(-c6ccc(-c7cccc8ccccc78)cc6)cc5)c5cccc(-c6cccc7c6oc6ccccc67)c5)c4)cccc32)cc1. The van der Waals surface area contributed by atoms with Crippen LogP contribution < -0.4 is 4.90 Å². The minimum Gasteiger partial charge on any atom is -0.455 e. The molecule has 13 aromatic rings. The summed E-state index contributed by atoms with van der Waals surface area (Å²) in [4.78, 5) is 2.40. The van der Waals surface area contributed by atoms with Gasteiger partial charge in [0.2, 0.25) is 0 Å². The first-order chi connectivity index (χ1) is 36.2. The topological polar surface area (TPSA) is 16.4 Å². The van der Waals surface area contributed by atoms with Crippen LogP contribution in [0, 0.1) is 0 Å². The zero-order chi connectivity index (χ0) is 48.3. The number of para-hydroxylation sites is 2. The fourth-order valence-corrected chi connectivity index (χ4v) is 11.9. The van der Waals surface area contributed by atoms with Crippen molar-refractivity contribution in [2.24, 2.45) is 0 Å². The lowest BCUT2D eigenvalue weighted by Gasteiger charge is -2.34. The number of furan rings is 1. The third kappa shape index (κ3) is 6.94. The maximum absolute atomic E-state index is 6.60. The summed E-state index contributed by atoms with van der Waals surface area (Å²) in [6.45, 7) is 0. The molecule has 342 valence electrons. The van der Waals surface area contributed by atoms with E-state index in [0.717, 1.165) is 61.3 Å². The van der Waals surface area contributed by atoms with Crippen molar-refractivity contribution in [1.82, 2.24) is 0 Å². The van der Waals surface area contributed by atoms with Gasteiger partial charge in [-0.3, -0.25) is 0 Å². The van der Waals surface area contributed by atoms with Gasteiger partial charge < -0.3 is 9.32 Å². The van der Waals surface area contributed by atoms with Crippen molar-refractivity contribution in [3.63, 3.8) is 0 Å². The number of hydrogen-bond acceptors (Lipinski definition) is 2. The third-order valence-corrected chi connectivity index (χ3v) is 15.2. The molecular formula is C71H47NO. The van der Waals surface area contributed by atoms with Crippen LogP contribution in [0.2, 0.25) is 0 Å². The Morgan fingerprint density at radius 1 is 0.288 bits per heavy atom. The minimum absolute atomic E-state index is 0.491. The van der Waals surface area contributed by atoms with E-state index in [-0.39, 0.29) is 0 Å². The van der Waals surface area contributed by atoms with Crippen molar-refractivity contribution in [3.05, 3.63) is 307 Å². The number of benzene rings is 12. The molecular weight excluding hydrogens is 883 g/mol. The van der Waals surface area contributed by atoms with E-state index in [4.69, 9.17) is 4.42 Å². The van der Waals surface area contributed by atoms with Gasteiger partial charge in [-0.05, 0) is 126 Å². The summed E-state index contributed by atoms with van der Waals surface area (Å²) in [7, 11) is 0. The van der Waals surface area contributed by atoms with Crippen molar-refractivity contribution in [2.45, 2.75) is 5.41 Å². The fourth-order valence-electron chi connectivity index (χ4n) is 11.9. The Kier molecular flexibility index (Phi) is 10.1. The van der Waals surface area contributed by atoms with Crippen LogP contribution in [0.3, 0.4) is 0 Å². The van der Waals surface area contributed by atoms with Gasteiger partial charge in [0.1, 0.15) is 11.2 Å². The molecule has 12 aromatic carbocycles. The first-order valence-corrected chi connectivity index (χ1v) is 25.2. The van der Waals surface area contributed by atoms with Gasteiger partial charge >= 0.3 is 0 Å². The van der Waals surface area contributed by atoms with Crippen LogP contribution >= 0.6 is 0 Å². The summed E-state index contributed by atoms with van der Waals surface area (Å²) in [5.74, 6) is 0. The second-order valence-electron chi connectivity index (χ2n) is 19.1. The summed E-state index contributed by atoms with van der Waals surface area (Å²) in [6, 6.07) is 104. The van der Waals surface area contributed by atoms with Crippen molar-refractivity contribution in [3.8, 4) is 55.6 Å². The smallest absolute Gasteiger partial charge is 0.143 e. The highest BCUT2D eigenvalue weighted by Crippen LogP contribution is 2.58. The molecule has 0 unspecified atom stereocenters. The third-order valence-electron chi connectivity index (χ3n) is 15.2. The normalized spacial score (nSPS) is 12.5. The van der Waals surface area contributed by atoms with Gasteiger partial charge in [-0.1, -0.05) is 243 Å². The predicted octanol–water partition coefficient (Wildman–Crippen LogP) is 19.2. The molecule has 0 atom stereocenters. The van der Waals surface area contributed by atoms with Gasteiger partial charge in [0.25, 0.3) is 0 Å². The lowest BCUT2D eigenvalue weighted by Crippen LogP contribution is -2.28. The molecule has 1 heterocycles. The monoisotopic (exact) mass is 929 g/mol. The molecule has 2 nitrogen and oxygen atoms in total. The van der Waals surface area contributed by atoms with E-state index in [2.05, 4.69) is 284 Å². The maximum Gasteiger partial charge on any atom is 0.143 e. The summed E-state index contributed by atoms with van der Waals surface area (Å²) in [5, 5.41) is 4.75. The lowest BCUT2D eigenvalue weighted by atomic mass is 9.67. The summed E-state index contributed by atoms with van der Waals surface area (Å²) in [6.07, 6.45) is 0. The Morgan fingerprint density at radius 3 is 1.52 bits per heavy atom. The Morgan fingerprint density at radius 2 is 0.781 bits per heavy atom. The van der Waals surface area contributed by atoms with Crippen molar-refractivity contribution >= 4 is 49.8 Å². The van der Waals surface area contributed by atoms with E-state index in [9.17, 15) is 0 Å². The van der Waals surface area contributed by atoms with E-state index in [1.807, 2.05) is 6.07 Å². The molecule has 0 saturated carbocycles. The predicted molar refractivity (Wildman–Crippen MR) is 305 cm³/mol. The second-order valence-corrected chi connectivity index (χ2v) is 19.1. The number of rotatable bonds is 9. The molecule has 1 aromatic heterocycles. The lowest BCUT2D eigenvalue weighted by molar-refractivity contribution is 0.670. The Balaban J connectivity index is 0.908. The number of hydrogen-bond donors (Lipinski definition) is 0. The Labute approximate surface area is 425 Å². The highest BCUT2D eigenvalue weighted by atomic mass is 16.3. The van der Waals surface area contributed by atoms with Crippen LogP contribution in [-0.2, 0) is 5.41 Å². The van der Waals surface area contributed by atoms with Crippen LogP contribution in [0.1, 0.15) is 22.3 Å². The van der Waals surface area contributed by atoms with Gasteiger partial charge in [-0.25, -0.2) is 0 Å². The molecule has 1 aliphatic carbocycles. The summed E-state index contributed by atoms with van der Waals surface area (Å²) < 4.78 is 6.60. The highest BCUT2D eigenvalue weighted by molar-refractivity contribution is 6.10. The van der Waals surface area contributed by atoms with Crippen molar-refractivity contribution < 1.29 is 4.42 Å². The van der Waals surface area contributed by atoms with Crippen LogP contribution in [0.25, 0.3) is 88.3 Å². The first kappa shape index (κ1) is 42.4. The molecule has 0 aliphatic heterocycles. The molecule has 0 spiro atoms. The van der Waals surface area contributed by atoms with Crippen LogP contribution in [0.5, 0.6) is 0 Å². The zero-order valence-corrected chi connectivity index (χ0v) is 40.0. The largest absolute Gasteiger partial charge is 0.455 e. The van der Waals surface area contributed by atoms with Crippen molar-refractivity contribution in [1.29, 1.82) is 0 Å². The number of fused-ring (bicyclic) bond motifs is 7. The zero-order valence-electron chi connectivity index (χ0n) is 40.0. The van der Waals surface area contributed by atoms with E-state index >= 15 is 0 Å². The Hall–Kier alpha value is -9.50. The molecule has 0 bridgehead atoms. The average molecular weight is 930 g/mol. The van der Waals surface area contributed by atoms with Gasteiger partial charge in [0, 0.05) is 33.4 Å². The van der Waals surface area contributed by atoms with Crippen LogP contribution in [-0.4, -0.2) is 0 Å². The van der Waals surface area contributed by atoms with Crippen molar-refractivity contribution in [2.75, 3.05) is 4.90 Å². The number of nitrogens with zero attached hydrogens (tertiary/aromatic N) is 1. The number of anilines is 3. The van der Waals surface area contributed by atoms with E-state index in [0.29, 0.717) is 0 Å². The van der Waals surface area contributed by atoms with Gasteiger partial charge in [-0.2, -0.15) is 0 Å². The van der Waals surface area contributed by atoms with E-state index in [1.165, 1.54) is 66.4 Å². The van der Waals surface area contributed by atoms with Gasteiger partial charge in [-0.15, -0.1) is 0 Å². The quantitative estimate of drug-likeness (QED) is 0.143. The molecule has 2 heteroatoms. The van der Waals surface area contributed by atoms with E-state index in [1.54, 1.807) is 0 Å². The molecule has 14 rings (SSSR count). The molecule has 0 saturated heterocycles. The summed E-state index contributed by atoms with van der Waals surface area (Å²) in [5.41, 5.74) is 21.4. The van der Waals surface area contributed by atoms with Gasteiger partial charge in [0.15, 0.2) is 0 Å².